The molecule has 1 heterocycles. The maximum atomic E-state index is 12.5. The lowest BCUT2D eigenvalue weighted by Gasteiger charge is -2.29. The third-order valence-corrected chi connectivity index (χ3v) is 6.27. The van der Waals surface area contributed by atoms with Crippen LogP contribution in [0.15, 0.2) is 29.4 Å². The Morgan fingerprint density at radius 2 is 2.14 bits per heavy atom. The van der Waals surface area contributed by atoms with Crippen LogP contribution in [0.1, 0.15) is 38.2 Å². The predicted molar refractivity (Wildman–Crippen MR) is 112 cm³/mol. The molecule has 1 N–H and O–H groups in total. The highest BCUT2D eigenvalue weighted by molar-refractivity contribution is 7.99. The number of carbonyl (C=O) groups excluding carboxylic acids is 1. The fraction of sp³-hybridized carbons (Fsp3) is 0.571. The van der Waals surface area contributed by atoms with Gasteiger partial charge in [0.1, 0.15) is 0 Å². The van der Waals surface area contributed by atoms with Crippen molar-refractivity contribution in [3.8, 4) is 11.4 Å². The number of aryl methyl sites for hydroxylation is 1. The van der Waals surface area contributed by atoms with Gasteiger partial charge in [0.15, 0.2) is 11.0 Å². The number of carbonyl (C=O) groups is 1. The Labute approximate surface area is 171 Å². The second-order valence-electron chi connectivity index (χ2n) is 7.54. The van der Waals surface area contributed by atoms with Crippen molar-refractivity contribution in [1.29, 1.82) is 0 Å². The molecular weight excluding hydrogens is 372 g/mol. The molecule has 2 atom stereocenters. The maximum absolute atomic E-state index is 12.5. The summed E-state index contributed by atoms with van der Waals surface area (Å²) in [6, 6.07) is 8.51. The van der Waals surface area contributed by atoms with Crippen LogP contribution in [-0.2, 0) is 16.1 Å². The van der Waals surface area contributed by atoms with E-state index in [0.29, 0.717) is 30.9 Å². The lowest BCUT2D eigenvalue weighted by molar-refractivity contribution is -0.119. The van der Waals surface area contributed by atoms with Crippen molar-refractivity contribution in [2.24, 2.45) is 5.92 Å². The van der Waals surface area contributed by atoms with Gasteiger partial charge in [0.05, 0.1) is 18.9 Å². The van der Waals surface area contributed by atoms with Crippen molar-refractivity contribution in [2.75, 3.05) is 19.5 Å². The number of thioether (sulfide) groups is 1. The first-order valence-corrected chi connectivity index (χ1v) is 11.0. The van der Waals surface area contributed by atoms with Crippen LogP contribution in [0.5, 0.6) is 0 Å². The molecule has 0 spiro atoms. The summed E-state index contributed by atoms with van der Waals surface area (Å²) in [6.07, 6.45) is 4.75. The van der Waals surface area contributed by atoms with E-state index >= 15 is 0 Å². The van der Waals surface area contributed by atoms with E-state index < -0.39 is 0 Å². The number of hydrogen-bond acceptors (Lipinski definition) is 5. The number of aromatic nitrogens is 3. The monoisotopic (exact) mass is 402 g/mol. The number of ether oxygens (including phenoxy) is 1. The zero-order valence-corrected chi connectivity index (χ0v) is 17.8. The van der Waals surface area contributed by atoms with Crippen LogP contribution in [0, 0.1) is 12.8 Å². The maximum Gasteiger partial charge on any atom is 0.230 e. The lowest BCUT2D eigenvalue weighted by Crippen LogP contribution is -2.41. The minimum absolute atomic E-state index is 0.0714. The van der Waals surface area contributed by atoms with Crippen LogP contribution in [0.2, 0.25) is 0 Å². The van der Waals surface area contributed by atoms with Gasteiger partial charge in [0.2, 0.25) is 5.91 Å². The standard InChI is InChI=1S/C21H30N4O2S/c1-15-7-6-9-17(13-15)20-23-24-21(25(20)11-12-27-3)28-14-19(26)22-18-10-5-4-8-16(18)2/h6-7,9,13,16,18H,4-5,8,10-12,14H2,1-3H3,(H,22,26)/t16-,18+/m0/s1. The van der Waals surface area contributed by atoms with E-state index in [0.717, 1.165) is 23.0 Å². The van der Waals surface area contributed by atoms with Gasteiger partial charge in [-0.05, 0) is 31.7 Å². The normalized spacial score (nSPS) is 19.5. The van der Waals surface area contributed by atoms with Gasteiger partial charge in [-0.3, -0.25) is 9.36 Å². The van der Waals surface area contributed by atoms with Gasteiger partial charge in [0, 0.05) is 18.7 Å². The van der Waals surface area contributed by atoms with Crippen LogP contribution >= 0.6 is 11.8 Å². The molecule has 2 aromatic rings. The summed E-state index contributed by atoms with van der Waals surface area (Å²) in [5.74, 6) is 1.79. The summed E-state index contributed by atoms with van der Waals surface area (Å²) in [5.41, 5.74) is 2.20. The van der Waals surface area contributed by atoms with Crippen molar-refractivity contribution in [3.63, 3.8) is 0 Å². The highest BCUT2D eigenvalue weighted by Gasteiger charge is 2.23. The molecule has 1 aromatic heterocycles. The molecule has 152 valence electrons. The smallest absolute Gasteiger partial charge is 0.230 e. The van der Waals surface area contributed by atoms with Crippen LogP contribution < -0.4 is 5.32 Å². The van der Waals surface area contributed by atoms with Gasteiger partial charge in [-0.15, -0.1) is 10.2 Å². The minimum atomic E-state index is 0.0714. The van der Waals surface area contributed by atoms with E-state index in [4.69, 9.17) is 4.74 Å². The second kappa shape index (κ2) is 10.1. The summed E-state index contributed by atoms with van der Waals surface area (Å²) in [5, 5.41) is 12.7. The van der Waals surface area contributed by atoms with Gasteiger partial charge in [-0.25, -0.2) is 0 Å². The summed E-state index contributed by atoms with van der Waals surface area (Å²) < 4.78 is 7.30. The van der Waals surface area contributed by atoms with Gasteiger partial charge in [-0.1, -0.05) is 55.3 Å². The first kappa shape index (κ1) is 20.9. The molecule has 6 nitrogen and oxygen atoms in total. The van der Waals surface area contributed by atoms with Crippen molar-refractivity contribution >= 4 is 17.7 Å². The Kier molecular flexibility index (Phi) is 7.50. The Bertz CT molecular complexity index is 792. The number of nitrogens with zero attached hydrogens (tertiary/aromatic N) is 3. The molecule has 1 amide bonds. The van der Waals surface area contributed by atoms with E-state index in [-0.39, 0.29) is 5.91 Å². The van der Waals surface area contributed by atoms with Crippen molar-refractivity contribution in [2.45, 2.75) is 57.3 Å². The molecule has 7 heteroatoms. The van der Waals surface area contributed by atoms with E-state index in [1.807, 2.05) is 16.7 Å². The molecular formula is C21H30N4O2S. The molecule has 0 saturated heterocycles. The Hall–Kier alpha value is -1.86. The molecule has 1 aliphatic carbocycles. The summed E-state index contributed by atoms with van der Waals surface area (Å²) in [4.78, 5) is 12.5. The van der Waals surface area contributed by atoms with Crippen molar-refractivity contribution in [1.82, 2.24) is 20.1 Å². The molecule has 1 aromatic carbocycles. The first-order valence-electron chi connectivity index (χ1n) is 10.00. The molecule has 0 radical (unpaired) electrons. The second-order valence-corrected chi connectivity index (χ2v) is 8.49. The number of hydrogen-bond donors (Lipinski definition) is 1. The number of methoxy groups -OCH3 is 1. The van der Waals surface area contributed by atoms with E-state index in [9.17, 15) is 4.79 Å². The molecule has 0 aliphatic heterocycles. The Morgan fingerprint density at radius 1 is 1.32 bits per heavy atom. The molecule has 0 bridgehead atoms. The zero-order valence-electron chi connectivity index (χ0n) is 17.0. The van der Waals surface area contributed by atoms with Gasteiger partial charge < -0.3 is 10.1 Å². The topological polar surface area (TPSA) is 69.0 Å². The fourth-order valence-corrected chi connectivity index (χ4v) is 4.46. The average Bonchev–Trinajstić information content (AvgIpc) is 3.09. The number of amides is 1. The summed E-state index contributed by atoms with van der Waals surface area (Å²) >= 11 is 1.44. The third kappa shape index (κ3) is 5.35. The van der Waals surface area contributed by atoms with Gasteiger partial charge in [-0.2, -0.15) is 0 Å². The van der Waals surface area contributed by atoms with Crippen LogP contribution in [0.3, 0.4) is 0 Å². The molecule has 3 rings (SSSR count). The van der Waals surface area contributed by atoms with Crippen LogP contribution in [-0.4, -0.2) is 46.2 Å². The largest absolute Gasteiger partial charge is 0.383 e. The first-order chi connectivity index (χ1) is 13.6. The Morgan fingerprint density at radius 3 is 2.89 bits per heavy atom. The summed E-state index contributed by atoms with van der Waals surface area (Å²) in [7, 11) is 1.68. The van der Waals surface area contributed by atoms with E-state index in [2.05, 4.69) is 41.5 Å². The minimum Gasteiger partial charge on any atom is -0.383 e. The molecule has 28 heavy (non-hydrogen) atoms. The average molecular weight is 403 g/mol. The highest BCUT2D eigenvalue weighted by Crippen LogP contribution is 2.26. The fourth-order valence-electron chi connectivity index (χ4n) is 3.69. The molecule has 0 unspecified atom stereocenters. The predicted octanol–water partition coefficient (Wildman–Crippen LogP) is 3.69. The molecule has 1 fully saturated rings. The lowest BCUT2D eigenvalue weighted by atomic mass is 9.86. The molecule has 1 saturated carbocycles. The van der Waals surface area contributed by atoms with Gasteiger partial charge in [0.25, 0.3) is 0 Å². The van der Waals surface area contributed by atoms with Crippen LogP contribution in [0.4, 0.5) is 0 Å². The van der Waals surface area contributed by atoms with E-state index in [1.165, 1.54) is 36.6 Å². The van der Waals surface area contributed by atoms with Crippen LogP contribution in [0.25, 0.3) is 11.4 Å². The van der Waals surface area contributed by atoms with Crippen molar-refractivity contribution < 1.29 is 9.53 Å². The van der Waals surface area contributed by atoms with Crippen molar-refractivity contribution in [3.05, 3.63) is 29.8 Å². The zero-order chi connectivity index (χ0) is 19.9. The quantitative estimate of drug-likeness (QED) is 0.682. The Balaban J connectivity index is 1.68. The number of nitrogens with one attached hydrogen (secondary N) is 1. The highest BCUT2D eigenvalue weighted by atomic mass is 32.2. The number of rotatable bonds is 8. The third-order valence-electron chi connectivity index (χ3n) is 5.30. The van der Waals surface area contributed by atoms with E-state index in [1.54, 1.807) is 7.11 Å². The number of benzene rings is 1. The molecule has 1 aliphatic rings. The summed E-state index contributed by atoms with van der Waals surface area (Å²) in [6.45, 7) is 5.50. The SMILES string of the molecule is COCCn1c(SCC(=O)N[C@@H]2CCCC[C@@H]2C)nnc1-c1cccc(C)c1. The van der Waals surface area contributed by atoms with Gasteiger partial charge >= 0.3 is 0 Å².